The maximum atomic E-state index is 11.9. The minimum atomic E-state index is -0.426. The van der Waals surface area contributed by atoms with Crippen molar-refractivity contribution >= 4 is 35.0 Å². The lowest BCUT2D eigenvalue weighted by Gasteiger charge is -2.03. The number of thiazole rings is 1. The number of halogens is 1. The highest BCUT2D eigenvalue weighted by Gasteiger charge is 2.06. The summed E-state index contributed by atoms with van der Waals surface area (Å²) in [5, 5.41) is 3.31. The van der Waals surface area contributed by atoms with Gasteiger partial charge in [0, 0.05) is 28.9 Å². The van der Waals surface area contributed by atoms with Crippen LogP contribution >= 0.6 is 22.9 Å². The molecule has 0 bridgehead atoms. The topological polar surface area (TPSA) is 61.3 Å². The van der Waals surface area contributed by atoms with Gasteiger partial charge in [0.25, 0.3) is 0 Å². The van der Waals surface area contributed by atoms with Crippen LogP contribution in [-0.4, -0.2) is 15.9 Å². The van der Waals surface area contributed by atoms with Crippen molar-refractivity contribution in [3.63, 3.8) is 0 Å². The standard InChI is InChI=1S/C20H17ClN2O3S/c1-14-8-9-22-10-15(14)2-7-20(24)26-11-17-13-27-19(23-17)12-25-18-5-3-16(21)4-6-18/h2-10,13H,11-12H2,1H3/b7-2+. The van der Waals surface area contributed by atoms with Crippen LogP contribution in [0.1, 0.15) is 21.8 Å². The summed E-state index contributed by atoms with van der Waals surface area (Å²) in [5.74, 6) is 0.295. The van der Waals surface area contributed by atoms with E-state index in [0.717, 1.165) is 21.9 Å². The molecule has 0 spiro atoms. The summed E-state index contributed by atoms with van der Waals surface area (Å²) in [4.78, 5) is 20.3. The first-order valence-electron chi connectivity index (χ1n) is 8.17. The van der Waals surface area contributed by atoms with E-state index >= 15 is 0 Å². The highest BCUT2D eigenvalue weighted by Crippen LogP contribution is 2.18. The molecule has 0 saturated heterocycles. The third-order valence-corrected chi connectivity index (χ3v) is 4.74. The van der Waals surface area contributed by atoms with Crippen LogP contribution in [0.3, 0.4) is 0 Å². The fraction of sp³-hybridized carbons (Fsp3) is 0.150. The van der Waals surface area contributed by atoms with Crippen LogP contribution in [0.15, 0.2) is 54.2 Å². The second kappa shape index (κ2) is 9.30. The highest BCUT2D eigenvalue weighted by molar-refractivity contribution is 7.09. The number of aryl methyl sites for hydroxylation is 1. The second-order valence-corrected chi connectivity index (χ2v) is 7.03. The molecule has 0 aliphatic rings. The molecule has 27 heavy (non-hydrogen) atoms. The Labute approximate surface area is 166 Å². The third kappa shape index (κ3) is 5.91. The molecule has 5 nitrogen and oxygen atoms in total. The number of carbonyl (C=O) groups excluding carboxylic acids is 1. The molecule has 0 N–H and O–H groups in total. The van der Waals surface area contributed by atoms with Crippen molar-refractivity contribution in [2.75, 3.05) is 0 Å². The van der Waals surface area contributed by atoms with Crippen molar-refractivity contribution in [3.8, 4) is 5.75 Å². The maximum absolute atomic E-state index is 11.9. The lowest BCUT2D eigenvalue weighted by molar-refractivity contribution is -0.139. The van der Waals surface area contributed by atoms with Gasteiger partial charge >= 0.3 is 5.97 Å². The van der Waals surface area contributed by atoms with Crippen LogP contribution < -0.4 is 4.74 Å². The normalized spacial score (nSPS) is 10.9. The Bertz CT molecular complexity index is 938. The largest absolute Gasteiger partial charge is 0.486 e. The van der Waals surface area contributed by atoms with Gasteiger partial charge in [0.05, 0.1) is 5.69 Å². The van der Waals surface area contributed by atoms with E-state index in [2.05, 4.69) is 9.97 Å². The van der Waals surface area contributed by atoms with Gasteiger partial charge in [0.15, 0.2) is 0 Å². The quantitative estimate of drug-likeness (QED) is 0.419. The molecule has 0 atom stereocenters. The number of aromatic nitrogens is 2. The summed E-state index contributed by atoms with van der Waals surface area (Å²) >= 11 is 7.30. The molecule has 0 aliphatic carbocycles. The van der Waals surface area contributed by atoms with Gasteiger partial charge in [-0.05, 0) is 54.5 Å². The molecule has 0 fully saturated rings. The number of benzene rings is 1. The molecule has 0 radical (unpaired) electrons. The summed E-state index contributed by atoms with van der Waals surface area (Å²) in [7, 11) is 0. The molecule has 2 aromatic heterocycles. The monoisotopic (exact) mass is 400 g/mol. The van der Waals surface area contributed by atoms with E-state index in [9.17, 15) is 4.79 Å². The Morgan fingerprint density at radius 3 is 2.81 bits per heavy atom. The van der Waals surface area contributed by atoms with Gasteiger partial charge in [0.2, 0.25) is 0 Å². The van der Waals surface area contributed by atoms with Crippen LogP contribution in [0, 0.1) is 6.92 Å². The molecular weight excluding hydrogens is 384 g/mol. The first-order chi connectivity index (χ1) is 13.1. The van der Waals surface area contributed by atoms with Crippen molar-refractivity contribution in [1.82, 2.24) is 9.97 Å². The van der Waals surface area contributed by atoms with E-state index < -0.39 is 5.97 Å². The summed E-state index contributed by atoms with van der Waals surface area (Å²) in [6, 6.07) is 9.02. The molecule has 3 rings (SSSR count). The Morgan fingerprint density at radius 1 is 1.22 bits per heavy atom. The average Bonchev–Trinajstić information content (AvgIpc) is 3.13. The number of pyridine rings is 1. The third-order valence-electron chi connectivity index (χ3n) is 3.62. The number of hydrogen-bond acceptors (Lipinski definition) is 6. The Balaban J connectivity index is 1.47. The molecule has 0 unspecified atom stereocenters. The van der Waals surface area contributed by atoms with E-state index in [1.54, 1.807) is 42.7 Å². The number of nitrogens with zero attached hydrogens (tertiary/aromatic N) is 2. The van der Waals surface area contributed by atoms with Crippen molar-refractivity contribution in [2.24, 2.45) is 0 Å². The fourth-order valence-electron chi connectivity index (χ4n) is 2.16. The van der Waals surface area contributed by atoms with Crippen molar-refractivity contribution in [1.29, 1.82) is 0 Å². The van der Waals surface area contributed by atoms with Crippen molar-refractivity contribution in [2.45, 2.75) is 20.1 Å². The molecule has 0 amide bonds. The zero-order chi connectivity index (χ0) is 19.1. The Hall–Kier alpha value is -2.70. The predicted octanol–water partition coefficient (Wildman–Crippen LogP) is 4.84. The van der Waals surface area contributed by atoms with Crippen molar-refractivity contribution < 1.29 is 14.3 Å². The van der Waals surface area contributed by atoms with Crippen LogP contribution in [0.25, 0.3) is 6.08 Å². The Morgan fingerprint density at radius 2 is 2.04 bits per heavy atom. The molecule has 0 aliphatic heterocycles. The molecule has 7 heteroatoms. The molecular formula is C20H17ClN2O3S. The molecule has 138 valence electrons. The van der Waals surface area contributed by atoms with Gasteiger partial charge in [-0.1, -0.05) is 11.6 Å². The first kappa shape index (κ1) is 19.1. The zero-order valence-electron chi connectivity index (χ0n) is 14.6. The van der Waals surface area contributed by atoms with E-state index in [4.69, 9.17) is 21.1 Å². The summed E-state index contributed by atoms with van der Waals surface area (Å²) in [5.41, 5.74) is 2.61. The highest BCUT2D eigenvalue weighted by atomic mass is 35.5. The van der Waals surface area contributed by atoms with E-state index in [-0.39, 0.29) is 6.61 Å². The average molecular weight is 401 g/mol. The minimum absolute atomic E-state index is 0.118. The van der Waals surface area contributed by atoms with Crippen LogP contribution in [0.4, 0.5) is 0 Å². The summed E-state index contributed by atoms with van der Waals surface area (Å²) in [6.45, 7) is 2.42. The van der Waals surface area contributed by atoms with Gasteiger partial charge in [0.1, 0.15) is 24.0 Å². The van der Waals surface area contributed by atoms with Gasteiger partial charge in [-0.25, -0.2) is 9.78 Å². The van der Waals surface area contributed by atoms with Gasteiger partial charge in [-0.3, -0.25) is 4.98 Å². The number of rotatable bonds is 7. The van der Waals surface area contributed by atoms with E-state index in [1.165, 1.54) is 17.4 Å². The van der Waals surface area contributed by atoms with Gasteiger partial charge < -0.3 is 9.47 Å². The van der Waals surface area contributed by atoms with Crippen LogP contribution in [0.5, 0.6) is 5.75 Å². The van der Waals surface area contributed by atoms with E-state index in [0.29, 0.717) is 17.3 Å². The smallest absolute Gasteiger partial charge is 0.331 e. The number of hydrogen-bond donors (Lipinski definition) is 0. The van der Waals surface area contributed by atoms with Gasteiger partial charge in [-0.15, -0.1) is 11.3 Å². The molecule has 1 aromatic carbocycles. The SMILES string of the molecule is Cc1ccncc1/C=C/C(=O)OCc1csc(COc2ccc(Cl)cc2)n1. The van der Waals surface area contributed by atoms with Crippen LogP contribution in [0.2, 0.25) is 5.02 Å². The maximum Gasteiger partial charge on any atom is 0.331 e. The minimum Gasteiger partial charge on any atom is -0.486 e. The van der Waals surface area contributed by atoms with Crippen LogP contribution in [-0.2, 0) is 22.7 Å². The Kier molecular flexibility index (Phi) is 6.57. The zero-order valence-corrected chi connectivity index (χ0v) is 16.2. The molecule has 2 heterocycles. The lowest BCUT2D eigenvalue weighted by Crippen LogP contribution is -2.02. The second-order valence-electron chi connectivity index (χ2n) is 5.65. The predicted molar refractivity (Wildman–Crippen MR) is 106 cm³/mol. The fourth-order valence-corrected chi connectivity index (χ4v) is 2.97. The number of ether oxygens (including phenoxy) is 2. The summed E-state index contributed by atoms with van der Waals surface area (Å²) < 4.78 is 10.9. The lowest BCUT2D eigenvalue weighted by atomic mass is 10.1. The van der Waals surface area contributed by atoms with Gasteiger partial charge in [-0.2, -0.15) is 0 Å². The number of carbonyl (C=O) groups is 1. The summed E-state index contributed by atoms with van der Waals surface area (Å²) in [6.07, 6.45) is 6.49. The molecule has 3 aromatic rings. The van der Waals surface area contributed by atoms with Crippen molar-refractivity contribution in [3.05, 3.63) is 81.0 Å². The number of esters is 1. The molecule has 0 saturated carbocycles. The van der Waals surface area contributed by atoms with E-state index in [1.807, 2.05) is 18.4 Å². The first-order valence-corrected chi connectivity index (χ1v) is 9.43.